The van der Waals surface area contributed by atoms with Crippen LogP contribution in [0.15, 0.2) is 48.8 Å². The summed E-state index contributed by atoms with van der Waals surface area (Å²) in [6.45, 7) is 0.934. The maximum absolute atomic E-state index is 14.2. The van der Waals surface area contributed by atoms with Crippen LogP contribution in [0.4, 0.5) is 21.7 Å². The highest BCUT2D eigenvalue weighted by molar-refractivity contribution is 5.96. The molecule has 0 radical (unpaired) electrons. The molecule has 1 saturated carbocycles. The minimum Gasteiger partial charge on any atom is -0.399 e. The lowest BCUT2D eigenvalue weighted by Gasteiger charge is -2.20. The van der Waals surface area contributed by atoms with E-state index in [1.807, 2.05) is 23.1 Å². The molecule has 1 aliphatic heterocycles. The highest BCUT2D eigenvalue weighted by atomic mass is 19.1. The lowest BCUT2D eigenvalue weighted by Crippen LogP contribution is -2.29. The number of aliphatic hydroxyl groups is 1. The molecule has 1 fully saturated rings. The van der Waals surface area contributed by atoms with Crippen LogP contribution in [0.1, 0.15) is 28.8 Å². The highest BCUT2D eigenvalue weighted by Crippen LogP contribution is 2.57. The summed E-state index contributed by atoms with van der Waals surface area (Å²) >= 11 is 0. The minimum absolute atomic E-state index is 0.0793. The smallest absolute Gasteiger partial charge is 0.253 e. The van der Waals surface area contributed by atoms with Crippen LogP contribution in [-0.2, 0) is 5.41 Å². The summed E-state index contributed by atoms with van der Waals surface area (Å²) in [7, 11) is 1.67. The number of hydrogen-bond acceptors (Lipinski definition) is 6. The Morgan fingerprint density at radius 1 is 1.22 bits per heavy atom. The van der Waals surface area contributed by atoms with Gasteiger partial charge in [0.25, 0.3) is 5.91 Å². The number of fused-ring (bicyclic) bond motifs is 2. The highest BCUT2D eigenvalue weighted by Gasteiger charge is 2.52. The Morgan fingerprint density at radius 3 is 2.66 bits per heavy atom. The van der Waals surface area contributed by atoms with E-state index >= 15 is 0 Å². The summed E-state index contributed by atoms with van der Waals surface area (Å²) in [4.78, 5) is 25.3. The standard InChI is InChI=1S/C24H24FN5O2/c1-29(8-9-31)22(32)15-2-4-19-21(10-15)30(14-24(19)6-7-24)23-27-12-16(13-28-23)18-11-17(26)3-5-20(18)25/h2-5,10-13,31H,6-9,14,26H2,1H3. The van der Waals surface area contributed by atoms with E-state index in [1.165, 1.54) is 22.6 Å². The van der Waals surface area contributed by atoms with Gasteiger partial charge in [-0.2, -0.15) is 0 Å². The molecule has 0 bridgehead atoms. The van der Waals surface area contributed by atoms with E-state index in [4.69, 9.17) is 10.8 Å². The van der Waals surface area contributed by atoms with Crippen molar-refractivity contribution in [2.24, 2.45) is 0 Å². The third kappa shape index (κ3) is 3.36. The Bertz CT molecular complexity index is 1190. The minimum atomic E-state index is -0.380. The van der Waals surface area contributed by atoms with Gasteiger partial charge >= 0.3 is 0 Å². The number of halogens is 1. The zero-order valence-electron chi connectivity index (χ0n) is 17.8. The van der Waals surface area contributed by atoms with E-state index in [-0.39, 0.29) is 30.3 Å². The van der Waals surface area contributed by atoms with Gasteiger partial charge in [0.1, 0.15) is 5.82 Å². The van der Waals surface area contributed by atoms with E-state index < -0.39 is 0 Å². The van der Waals surface area contributed by atoms with E-state index in [2.05, 4.69) is 9.97 Å². The maximum atomic E-state index is 14.2. The molecular weight excluding hydrogens is 409 g/mol. The molecule has 7 nitrogen and oxygen atoms in total. The van der Waals surface area contributed by atoms with Crippen molar-refractivity contribution >= 4 is 23.2 Å². The second-order valence-corrected chi connectivity index (χ2v) is 8.56. The molecule has 2 aromatic carbocycles. The molecule has 1 aliphatic carbocycles. The lowest BCUT2D eigenvalue weighted by atomic mass is 9.97. The molecule has 32 heavy (non-hydrogen) atoms. The largest absolute Gasteiger partial charge is 0.399 e. The van der Waals surface area contributed by atoms with Gasteiger partial charge in [0.05, 0.1) is 6.61 Å². The number of anilines is 3. The second kappa shape index (κ2) is 7.56. The van der Waals surface area contributed by atoms with Crippen LogP contribution in [0.5, 0.6) is 0 Å². The van der Waals surface area contributed by atoms with Crippen LogP contribution in [0.3, 0.4) is 0 Å². The number of likely N-dealkylation sites (N-methyl/N-ethyl adjacent to an activating group) is 1. The molecule has 164 valence electrons. The van der Waals surface area contributed by atoms with Gasteiger partial charge in [0, 0.05) is 66.0 Å². The van der Waals surface area contributed by atoms with E-state index in [1.54, 1.807) is 25.5 Å². The van der Waals surface area contributed by atoms with E-state index in [0.29, 0.717) is 28.3 Å². The van der Waals surface area contributed by atoms with Gasteiger partial charge in [-0.25, -0.2) is 14.4 Å². The van der Waals surface area contributed by atoms with Crippen LogP contribution in [0.2, 0.25) is 0 Å². The first-order valence-electron chi connectivity index (χ1n) is 10.6. The van der Waals surface area contributed by atoms with Gasteiger partial charge in [0.2, 0.25) is 5.95 Å². The van der Waals surface area contributed by atoms with Crippen LogP contribution < -0.4 is 10.6 Å². The van der Waals surface area contributed by atoms with Crippen molar-refractivity contribution in [1.82, 2.24) is 14.9 Å². The number of nitrogens with zero attached hydrogens (tertiary/aromatic N) is 4. The van der Waals surface area contributed by atoms with Crippen LogP contribution in [0.25, 0.3) is 11.1 Å². The number of nitrogen functional groups attached to an aromatic ring is 1. The Morgan fingerprint density at radius 2 is 1.97 bits per heavy atom. The maximum Gasteiger partial charge on any atom is 0.253 e. The number of nitrogens with two attached hydrogens (primary N) is 1. The summed E-state index contributed by atoms with van der Waals surface area (Å²) in [5.41, 5.74) is 9.94. The molecule has 2 aliphatic rings. The van der Waals surface area contributed by atoms with Gasteiger partial charge in [-0.05, 0) is 48.7 Å². The molecule has 3 aromatic rings. The van der Waals surface area contributed by atoms with Gasteiger partial charge in [0.15, 0.2) is 0 Å². The Balaban J connectivity index is 1.49. The first-order chi connectivity index (χ1) is 15.4. The molecule has 8 heteroatoms. The van der Waals surface area contributed by atoms with Gasteiger partial charge in [-0.15, -0.1) is 0 Å². The van der Waals surface area contributed by atoms with Crippen LogP contribution in [0, 0.1) is 5.82 Å². The molecule has 2 heterocycles. The third-order valence-corrected chi connectivity index (χ3v) is 6.38. The van der Waals surface area contributed by atoms with Gasteiger partial charge in [-0.1, -0.05) is 6.07 Å². The van der Waals surface area contributed by atoms with E-state index in [0.717, 1.165) is 25.1 Å². The van der Waals surface area contributed by atoms with Crippen LogP contribution in [-0.4, -0.2) is 52.6 Å². The van der Waals surface area contributed by atoms with Gasteiger partial charge in [-0.3, -0.25) is 4.79 Å². The zero-order valence-corrected chi connectivity index (χ0v) is 17.8. The number of aromatic nitrogens is 2. The Hall–Kier alpha value is -3.52. The number of carbonyl (C=O) groups excluding carboxylic acids is 1. The topological polar surface area (TPSA) is 95.6 Å². The quantitative estimate of drug-likeness (QED) is 0.601. The fraction of sp³-hybridized carbons (Fsp3) is 0.292. The van der Waals surface area contributed by atoms with Crippen molar-refractivity contribution in [1.29, 1.82) is 0 Å². The number of carbonyl (C=O) groups is 1. The molecule has 1 amide bonds. The monoisotopic (exact) mass is 433 g/mol. The lowest BCUT2D eigenvalue weighted by molar-refractivity contribution is 0.0767. The van der Waals surface area contributed by atoms with Gasteiger partial charge < -0.3 is 20.6 Å². The summed E-state index contributed by atoms with van der Waals surface area (Å²) in [6.07, 6.45) is 5.37. The average molecular weight is 433 g/mol. The first kappa shape index (κ1) is 20.4. The van der Waals surface area contributed by atoms with Crippen LogP contribution >= 0.6 is 0 Å². The van der Waals surface area contributed by atoms with Crippen molar-refractivity contribution in [3.05, 3.63) is 65.7 Å². The predicted molar refractivity (Wildman–Crippen MR) is 120 cm³/mol. The Kier molecular flexibility index (Phi) is 4.82. The first-order valence-corrected chi connectivity index (χ1v) is 10.6. The molecular formula is C24H24FN5O2. The summed E-state index contributed by atoms with van der Waals surface area (Å²) in [6, 6.07) is 10.2. The van der Waals surface area contributed by atoms with Crippen molar-refractivity contribution < 1.29 is 14.3 Å². The molecule has 1 aromatic heterocycles. The molecule has 0 saturated heterocycles. The average Bonchev–Trinajstić information content (AvgIpc) is 3.51. The SMILES string of the molecule is CN(CCO)C(=O)c1ccc2c(c1)N(c1ncc(-c3cc(N)ccc3F)cn1)CC21CC1. The Labute approximate surface area is 185 Å². The summed E-state index contributed by atoms with van der Waals surface area (Å²) in [5, 5.41) is 9.14. The fourth-order valence-electron chi connectivity index (χ4n) is 4.40. The summed E-state index contributed by atoms with van der Waals surface area (Å²) in [5.74, 6) is -0.0162. The zero-order chi connectivity index (χ0) is 22.5. The van der Waals surface area contributed by atoms with Crippen molar-refractivity contribution in [2.45, 2.75) is 18.3 Å². The normalized spacial score (nSPS) is 15.7. The number of amides is 1. The fourth-order valence-corrected chi connectivity index (χ4v) is 4.40. The molecule has 0 unspecified atom stereocenters. The second-order valence-electron chi connectivity index (χ2n) is 8.56. The molecule has 5 rings (SSSR count). The third-order valence-electron chi connectivity index (χ3n) is 6.38. The molecule has 0 atom stereocenters. The summed E-state index contributed by atoms with van der Waals surface area (Å²) < 4.78 is 14.2. The number of aliphatic hydroxyl groups excluding tert-OH is 1. The van der Waals surface area contributed by atoms with Crippen molar-refractivity contribution in [3.8, 4) is 11.1 Å². The predicted octanol–water partition coefficient (Wildman–Crippen LogP) is 3.11. The van der Waals surface area contributed by atoms with Crippen molar-refractivity contribution in [3.63, 3.8) is 0 Å². The molecule has 1 spiro atoms. The number of rotatable bonds is 5. The van der Waals surface area contributed by atoms with Crippen molar-refractivity contribution in [2.75, 3.05) is 37.4 Å². The van der Waals surface area contributed by atoms with E-state index in [9.17, 15) is 9.18 Å². The number of hydrogen-bond donors (Lipinski definition) is 2. The molecule has 3 N–H and O–H groups in total. The number of benzene rings is 2.